The Kier molecular flexibility index (Phi) is 6.19. The number of halogens is 4. The summed E-state index contributed by atoms with van der Waals surface area (Å²) < 4.78 is 38.8. The Morgan fingerprint density at radius 2 is 1.90 bits per heavy atom. The normalized spacial score (nSPS) is 11.1. The number of benzene rings is 1. The van der Waals surface area contributed by atoms with Crippen LogP contribution in [0.3, 0.4) is 0 Å². The second kappa shape index (κ2) is 7.44. The SMILES string of the molecule is CCCNC(=O)CNC(=O)c1ccc(Br)cc1C(F)(F)F. The zero-order valence-electron chi connectivity index (χ0n) is 11.2. The highest BCUT2D eigenvalue weighted by atomic mass is 79.9. The van der Waals surface area contributed by atoms with Crippen LogP contribution in [-0.2, 0) is 11.0 Å². The Morgan fingerprint density at radius 3 is 2.48 bits per heavy atom. The van der Waals surface area contributed by atoms with E-state index in [9.17, 15) is 22.8 Å². The Morgan fingerprint density at radius 1 is 1.24 bits per heavy atom. The van der Waals surface area contributed by atoms with Crippen LogP contribution in [0.1, 0.15) is 29.3 Å². The Hall–Kier alpha value is -1.57. The predicted octanol–water partition coefficient (Wildman–Crippen LogP) is 2.72. The first-order chi connectivity index (χ1) is 9.75. The maximum absolute atomic E-state index is 12.9. The number of carbonyl (C=O) groups is 2. The van der Waals surface area contributed by atoms with Gasteiger partial charge in [-0.25, -0.2) is 0 Å². The zero-order valence-corrected chi connectivity index (χ0v) is 12.8. The highest BCUT2D eigenvalue weighted by Gasteiger charge is 2.35. The lowest BCUT2D eigenvalue weighted by Crippen LogP contribution is -2.37. The molecule has 0 bridgehead atoms. The van der Waals surface area contributed by atoms with E-state index in [1.165, 1.54) is 6.07 Å². The molecule has 0 aliphatic rings. The third-order valence-corrected chi connectivity index (χ3v) is 3.01. The van der Waals surface area contributed by atoms with Gasteiger partial charge in [0, 0.05) is 11.0 Å². The Labute approximate surface area is 128 Å². The second-order valence-electron chi connectivity index (χ2n) is 4.22. The summed E-state index contributed by atoms with van der Waals surface area (Å²) in [5.74, 6) is -1.39. The van der Waals surface area contributed by atoms with Crippen LogP contribution in [0.15, 0.2) is 22.7 Å². The summed E-state index contributed by atoms with van der Waals surface area (Å²) in [7, 11) is 0. The van der Waals surface area contributed by atoms with Crippen molar-refractivity contribution < 1.29 is 22.8 Å². The van der Waals surface area contributed by atoms with Gasteiger partial charge in [0.15, 0.2) is 0 Å². The summed E-state index contributed by atoms with van der Waals surface area (Å²) in [6, 6.07) is 3.22. The van der Waals surface area contributed by atoms with Crippen LogP contribution in [0.25, 0.3) is 0 Å². The molecule has 0 saturated carbocycles. The molecule has 2 amide bonds. The van der Waals surface area contributed by atoms with E-state index in [0.717, 1.165) is 18.6 Å². The number of rotatable bonds is 5. The molecule has 1 aromatic rings. The number of alkyl halides is 3. The van der Waals surface area contributed by atoms with Gasteiger partial charge in [-0.1, -0.05) is 22.9 Å². The molecule has 116 valence electrons. The van der Waals surface area contributed by atoms with E-state index in [0.29, 0.717) is 6.54 Å². The minimum atomic E-state index is -4.65. The quantitative estimate of drug-likeness (QED) is 0.841. The van der Waals surface area contributed by atoms with Crippen molar-refractivity contribution in [2.45, 2.75) is 19.5 Å². The Bertz CT molecular complexity index is 533. The molecule has 0 saturated heterocycles. The molecule has 0 heterocycles. The van der Waals surface area contributed by atoms with Crippen LogP contribution in [0.2, 0.25) is 0 Å². The first-order valence-electron chi connectivity index (χ1n) is 6.17. The minimum absolute atomic E-state index is 0.215. The van der Waals surface area contributed by atoms with Gasteiger partial charge in [0.05, 0.1) is 17.7 Å². The number of amides is 2. The summed E-state index contributed by atoms with van der Waals surface area (Å²) in [4.78, 5) is 23.1. The fourth-order valence-corrected chi connectivity index (χ4v) is 1.89. The summed E-state index contributed by atoms with van der Waals surface area (Å²) in [5, 5.41) is 4.68. The zero-order chi connectivity index (χ0) is 16.0. The first-order valence-corrected chi connectivity index (χ1v) is 6.96. The molecule has 0 radical (unpaired) electrons. The van der Waals surface area contributed by atoms with E-state index < -0.39 is 29.1 Å². The van der Waals surface area contributed by atoms with E-state index in [4.69, 9.17) is 0 Å². The molecular formula is C13H14BrF3N2O2. The summed E-state index contributed by atoms with van der Waals surface area (Å²) in [6.07, 6.45) is -3.93. The third-order valence-electron chi connectivity index (χ3n) is 2.51. The minimum Gasteiger partial charge on any atom is -0.355 e. The van der Waals surface area contributed by atoms with Gasteiger partial charge >= 0.3 is 6.18 Å². The molecule has 0 spiro atoms. The van der Waals surface area contributed by atoms with Gasteiger partial charge < -0.3 is 10.6 Å². The molecule has 21 heavy (non-hydrogen) atoms. The fourth-order valence-electron chi connectivity index (χ4n) is 1.53. The van der Waals surface area contributed by atoms with E-state index >= 15 is 0 Å². The molecule has 0 aliphatic carbocycles. The molecule has 0 aliphatic heterocycles. The van der Waals surface area contributed by atoms with Crippen LogP contribution in [0, 0.1) is 0 Å². The van der Waals surface area contributed by atoms with Crippen LogP contribution in [-0.4, -0.2) is 24.9 Å². The van der Waals surface area contributed by atoms with E-state index in [1.54, 1.807) is 0 Å². The summed E-state index contributed by atoms with van der Waals surface area (Å²) in [6.45, 7) is 1.93. The molecular weight excluding hydrogens is 353 g/mol. The predicted molar refractivity (Wildman–Crippen MR) is 74.8 cm³/mol. The van der Waals surface area contributed by atoms with Gasteiger partial charge in [0.1, 0.15) is 0 Å². The van der Waals surface area contributed by atoms with E-state index in [2.05, 4.69) is 26.6 Å². The van der Waals surface area contributed by atoms with E-state index in [-0.39, 0.29) is 11.0 Å². The van der Waals surface area contributed by atoms with Crippen molar-refractivity contribution in [2.75, 3.05) is 13.1 Å². The molecule has 1 rings (SSSR count). The van der Waals surface area contributed by atoms with Gasteiger partial charge in [-0.15, -0.1) is 0 Å². The van der Waals surface area contributed by atoms with Gasteiger partial charge in [-0.05, 0) is 24.6 Å². The molecule has 4 nitrogen and oxygen atoms in total. The standard InChI is InChI=1S/C13H14BrF3N2O2/c1-2-5-18-11(20)7-19-12(21)9-4-3-8(14)6-10(9)13(15,16)17/h3-4,6H,2,5,7H2,1H3,(H,18,20)(H,19,21). The number of hydrogen-bond acceptors (Lipinski definition) is 2. The average molecular weight is 367 g/mol. The maximum atomic E-state index is 12.9. The summed E-state index contributed by atoms with van der Waals surface area (Å²) >= 11 is 2.93. The van der Waals surface area contributed by atoms with Gasteiger partial charge in [0.25, 0.3) is 5.91 Å². The molecule has 2 N–H and O–H groups in total. The van der Waals surface area contributed by atoms with Crippen molar-refractivity contribution in [3.63, 3.8) is 0 Å². The number of hydrogen-bond donors (Lipinski definition) is 2. The highest BCUT2D eigenvalue weighted by molar-refractivity contribution is 9.10. The molecule has 0 aromatic heterocycles. The van der Waals surface area contributed by atoms with Crippen LogP contribution in [0.4, 0.5) is 13.2 Å². The largest absolute Gasteiger partial charge is 0.417 e. The van der Waals surface area contributed by atoms with Crippen molar-refractivity contribution in [1.82, 2.24) is 10.6 Å². The first kappa shape index (κ1) is 17.5. The smallest absolute Gasteiger partial charge is 0.355 e. The third kappa shape index (κ3) is 5.37. The van der Waals surface area contributed by atoms with Gasteiger partial charge in [0.2, 0.25) is 5.91 Å². The number of nitrogens with one attached hydrogen (secondary N) is 2. The molecule has 0 fully saturated rings. The van der Waals surface area contributed by atoms with Crippen LogP contribution in [0.5, 0.6) is 0 Å². The Balaban J connectivity index is 2.81. The van der Waals surface area contributed by atoms with E-state index in [1.807, 2.05) is 6.92 Å². The average Bonchev–Trinajstić information content (AvgIpc) is 2.41. The van der Waals surface area contributed by atoms with Crippen molar-refractivity contribution in [3.05, 3.63) is 33.8 Å². The molecule has 8 heteroatoms. The second-order valence-corrected chi connectivity index (χ2v) is 5.14. The summed E-state index contributed by atoms with van der Waals surface area (Å²) in [5.41, 5.74) is -1.57. The molecule has 0 unspecified atom stereocenters. The van der Waals surface area contributed by atoms with Gasteiger partial charge in [-0.3, -0.25) is 9.59 Å². The van der Waals surface area contributed by atoms with Crippen LogP contribution >= 0.6 is 15.9 Å². The molecule has 1 aromatic carbocycles. The highest BCUT2D eigenvalue weighted by Crippen LogP contribution is 2.33. The fraction of sp³-hybridized carbons (Fsp3) is 0.385. The topological polar surface area (TPSA) is 58.2 Å². The lowest BCUT2D eigenvalue weighted by atomic mass is 10.1. The van der Waals surface area contributed by atoms with Crippen molar-refractivity contribution >= 4 is 27.7 Å². The maximum Gasteiger partial charge on any atom is 0.417 e. The molecule has 0 atom stereocenters. The lowest BCUT2D eigenvalue weighted by molar-refractivity contribution is -0.138. The van der Waals surface area contributed by atoms with Crippen molar-refractivity contribution in [1.29, 1.82) is 0 Å². The monoisotopic (exact) mass is 366 g/mol. The lowest BCUT2D eigenvalue weighted by Gasteiger charge is -2.13. The number of carbonyl (C=O) groups excluding carboxylic acids is 2. The van der Waals surface area contributed by atoms with Crippen LogP contribution < -0.4 is 10.6 Å². The van der Waals surface area contributed by atoms with Crippen molar-refractivity contribution in [2.24, 2.45) is 0 Å². The van der Waals surface area contributed by atoms with Crippen molar-refractivity contribution in [3.8, 4) is 0 Å². The van der Waals surface area contributed by atoms with Gasteiger partial charge in [-0.2, -0.15) is 13.2 Å².